The fraction of sp³-hybridized carbons (Fsp3) is 0.455. The van der Waals surface area contributed by atoms with Gasteiger partial charge in [0.25, 0.3) is 6.43 Å². The summed E-state index contributed by atoms with van der Waals surface area (Å²) in [5.74, 6) is -0.121. The lowest BCUT2D eigenvalue weighted by atomic mass is 10.1. The number of phenols is 1. The Morgan fingerprint density at radius 1 is 1.44 bits per heavy atom. The lowest BCUT2D eigenvalue weighted by Crippen LogP contribution is -2.22. The quantitative estimate of drug-likeness (QED) is 0.694. The van der Waals surface area contributed by atoms with Crippen molar-refractivity contribution in [1.29, 1.82) is 0 Å². The highest BCUT2D eigenvalue weighted by Crippen LogP contribution is 2.29. The van der Waals surface area contributed by atoms with Crippen molar-refractivity contribution in [1.82, 2.24) is 5.32 Å². The molecule has 1 aliphatic heterocycles. The molecular formula is C11H14F2N2O. The summed E-state index contributed by atoms with van der Waals surface area (Å²) in [4.78, 5) is 0. The van der Waals surface area contributed by atoms with E-state index in [-0.39, 0.29) is 17.4 Å². The Labute approximate surface area is 92.5 Å². The smallest absolute Gasteiger partial charge is 0.263 e. The maximum atomic E-state index is 12.3. The van der Waals surface area contributed by atoms with Crippen molar-refractivity contribution in [2.75, 3.05) is 18.4 Å². The van der Waals surface area contributed by atoms with Crippen LogP contribution in [0.1, 0.15) is 18.4 Å². The first-order valence-electron chi connectivity index (χ1n) is 5.25. The minimum atomic E-state index is -2.55. The normalized spacial score (nSPS) is 20.3. The van der Waals surface area contributed by atoms with E-state index in [2.05, 4.69) is 10.6 Å². The summed E-state index contributed by atoms with van der Waals surface area (Å²) >= 11 is 0. The van der Waals surface area contributed by atoms with Crippen LogP contribution < -0.4 is 10.6 Å². The van der Waals surface area contributed by atoms with Gasteiger partial charge >= 0.3 is 0 Å². The zero-order chi connectivity index (χ0) is 11.5. The number of alkyl halides is 2. The van der Waals surface area contributed by atoms with Crippen molar-refractivity contribution in [3.63, 3.8) is 0 Å². The SMILES string of the molecule is Oc1cc(C(F)F)ccc1NC1CCNC1. The molecule has 0 bridgehead atoms. The van der Waals surface area contributed by atoms with Crippen LogP contribution in [0, 0.1) is 0 Å². The van der Waals surface area contributed by atoms with Crippen LogP contribution >= 0.6 is 0 Å². The molecule has 1 unspecified atom stereocenters. The van der Waals surface area contributed by atoms with E-state index in [1.54, 1.807) is 0 Å². The number of phenolic OH excluding ortho intramolecular Hbond substituents is 1. The van der Waals surface area contributed by atoms with Gasteiger partial charge in [0.05, 0.1) is 5.69 Å². The van der Waals surface area contributed by atoms with Gasteiger partial charge in [-0.15, -0.1) is 0 Å². The Kier molecular flexibility index (Phi) is 3.24. The van der Waals surface area contributed by atoms with E-state index in [1.807, 2.05) is 0 Å². The third-order valence-electron chi connectivity index (χ3n) is 2.69. The van der Waals surface area contributed by atoms with Gasteiger partial charge in [-0.05, 0) is 25.1 Å². The van der Waals surface area contributed by atoms with Gasteiger partial charge in [-0.25, -0.2) is 8.78 Å². The van der Waals surface area contributed by atoms with Gasteiger partial charge < -0.3 is 15.7 Å². The molecule has 5 heteroatoms. The second-order valence-corrected chi connectivity index (χ2v) is 3.91. The second-order valence-electron chi connectivity index (χ2n) is 3.91. The van der Waals surface area contributed by atoms with Crippen molar-refractivity contribution in [2.24, 2.45) is 0 Å². The Hall–Kier alpha value is -1.36. The summed E-state index contributed by atoms with van der Waals surface area (Å²) in [6.45, 7) is 1.77. The maximum Gasteiger partial charge on any atom is 0.263 e. The van der Waals surface area contributed by atoms with Gasteiger partial charge in [-0.2, -0.15) is 0 Å². The minimum absolute atomic E-state index is 0.121. The van der Waals surface area contributed by atoms with Crippen LogP contribution in [0.2, 0.25) is 0 Å². The summed E-state index contributed by atoms with van der Waals surface area (Å²) in [6, 6.07) is 4.18. The van der Waals surface area contributed by atoms with Crippen molar-refractivity contribution in [3.05, 3.63) is 23.8 Å². The molecule has 16 heavy (non-hydrogen) atoms. The van der Waals surface area contributed by atoms with Crippen LogP contribution in [-0.2, 0) is 0 Å². The van der Waals surface area contributed by atoms with E-state index in [0.717, 1.165) is 25.6 Å². The highest BCUT2D eigenvalue weighted by Gasteiger charge is 2.16. The second kappa shape index (κ2) is 4.65. The highest BCUT2D eigenvalue weighted by molar-refractivity contribution is 5.57. The largest absolute Gasteiger partial charge is 0.506 e. The number of anilines is 1. The molecule has 1 heterocycles. The molecule has 1 atom stereocenters. The van der Waals surface area contributed by atoms with Crippen molar-refractivity contribution < 1.29 is 13.9 Å². The fourth-order valence-electron chi connectivity index (χ4n) is 1.80. The lowest BCUT2D eigenvalue weighted by Gasteiger charge is -2.14. The van der Waals surface area contributed by atoms with Crippen molar-refractivity contribution in [3.8, 4) is 5.75 Å². The Morgan fingerprint density at radius 2 is 2.25 bits per heavy atom. The third kappa shape index (κ3) is 2.41. The first-order valence-corrected chi connectivity index (χ1v) is 5.25. The van der Waals surface area contributed by atoms with E-state index in [0.29, 0.717) is 5.69 Å². The predicted octanol–water partition coefficient (Wildman–Crippen LogP) is 2.10. The van der Waals surface area contributed by atoms with Crippen LogP contribution in [0.15, 0.2) is 18.2 Å². The summed E-state index contributed by atoms with van der Waals surface area (Å²) in [5, 5.41) is 15.9. The van der Waals surface area contributed by atoms with Crippen LogP contribution in [0.25, 0.3) is 0 Å². The molecule has 0 spiro atoms. The van der Waals surface area contributed by atoms with E-state index in [9.17, 15) is 13.9 Å². The van der Waals surface area contributed by atoms with Crippen LogP contribution in [-0.4, -0.2) is 24.2 Å². The number of hydrogen-bond donors (Lipinski definition) is 3. The molecule has 2 rings (SSSR count). The number of halogens is 2. The Morgan fingerprint density at radius 3 is 2.81 bits per heavy atom. The van der Waals surface area contributed by atoms with E-state index >= 15 is 0 Å². The first-order chi connectivity index (χ1) is 7.66. The van der Waals surface area contributed by atoms with Crippen LogP contribution in [0.3, 0.4) is 0 Å². The third-order valence-corrected chi connectivity index (χ3v) is 2.69. The minimum Gasteiger partial charge on any atom is -0.506 e. The Bertz CT molecular complexity index is 365. The van der Waals surface area contributed by atoms with Gasteiger partial charge in [-0.3, -0.25) is 0 Å². The summed E-state index contributed by atoms with van der Waals surface area (Å²) in [7, 11) is 0. The molecule has 1 saturated heterocycles. The highest BCUT2D eigenvalue weighted by atomic mass is 19.3. The molecule has 1 aromatic rings. The summed E-state index contributed by atoms with van der Waals surface area (Å²) in [5.41, 5.74) is 0.352. The predicted molar refractivity (Wildman–Crippen MR) is 58.0 cm³/mol. The number of rotatable bonds is 3. The molecule has 0 saturated carbocycles. The molecule has 3 N–H and O–H groups in total. The number of hydrogen-bond acceptors (Lipinski definition) is 3. The van der Waals surface area contributed by atoms with Gasteiger partial charge in [0, 0.05) is 18.2 Å². The summed E-state index contributed by atoms with van der Waals surface area (Å²) in [6.07, 6.45) is -1.58. The molecule has 88 valence electrons. The molecule has 0 amide bonds. The maximum absolute atomic E-state index is 12.3. The van der Waals surface area contributed by atoms with Crippen molar-refractivity contribution in [2.45, 2.75) is 18.9 Å². The molecule has 1 fully saturated rings. The first kappa shape index (κ1) is 11.1. The zero-order valence-electron chi connectivity index (χ0n) is 8.71. The Balaban J connectivity index is 2.09. The van der Waals surface area contributed by atoms with Crippen LogP contribution in [0.5, 0.6) is 5.75 Å². The average Bonchev–Trinajstić information content (AvgIpc) is 2.73. The number of aromatic hydroxyl groups is 1. The molecule has 0 aromatic heterocycles. The molecule has 0 radical (unpaired) electrons. The molecule has 1 aromatic carbocycles. The molecule has 0 aliphatic carbocycles. The monoisotopic (exact) mass is 228 g/mol. The van der Waals surface area contributed by atoms with E-state index < -0.39 is 6.43 Å². The number of benzene rings is 1. The van der Waals surface area contributed by atoms with Gasteiger partial charge in [0.1, 0.15) is 5.75 Å². The van der Waals surface area contributed by atoms with Crippen molar-refractivity contribution >= 4 is 5.69 Å². The van der Waals surface area contributed by atoms with E-state index in [1.165, 1.54) is 12.1 Å². The van der Waals surface area contributed by atoms with Crippen LogP contribution in [0.4, 0.5) is 14.5 Å². The summed E-state index contributed by atoms with van der Waals surface area (Å²) < 4.78 is 24.7. The molecular weight excluding hydrogens is 214 g/mol. The van der Waals surface area contributed by atoms with Gasteiger partial charge in [-0.1, -0.05) is 6.07 Å². The van der Waals surface area contributed by atoms with Gasteiger partial charge in [0.15, 0.2) is 0 Å². The lowest BCUT2D eigenvalue weighted by molar-refractivity contribution is 0.151. The number of nitrogens with one attached hydrogen (secondary N) is 2. The average molecular weight is 228 g/mol. The fourth-order valence-corrected chi connectivity index (χ4v) is 1.80. The zero-order valence-corrected chi connectivity index (χ0v) is 8.71. The topological polar surface area (TPSA) is 44.3 Å². The van der Waals surface area contributed by atoms with Gasteiger partial charge in [0.2, 0.25) is 0 Å². The van der Waals surface area contributed by atoms with E-state index in [4.69, 9.17) is 0 Å². The molecule has 1 aliphatic rings. The standard InChI is InChI=1S/C11H14F2N2O/c12-11(13)7-1-2-9(10(16)5-7)15-8-3-4-14-6-8/h1-2,5,8,11,14-16H,3-4,6H2. The molecule has 3 nitrogen and oxygen atoms in total.